The van der Waals surface area contributed by atoms with Gasteiger partial charge in [-0.2, -0.15) is 0 Å². The lowest BCUT2D eigenvalue weighted by Gasteiger charge is -2.19. The summed E-state index contributed by atoms with van der Waals surface area (Å²) in [4.78, 5) is 28.9. The van der Waals surface area contributed by atoms with E-state index in [0.29, 0.717) is 13.1 Å². The second-order valence-corrected chi connectivity index (χ2v) is 5.16. The number of hydrogen-bond acceptors (Lipinski definition) is 4. The largest absolute Gasteiger partial charge is 0.480 e. The number of carbonyl (C=O) groups excluding carboxylic acids is 1. The summed E-state index contributed by atoms with van der Waals surface area (Å²) in [6.45, 7) is 4.31. The molecule has 0 radical (unpaired) electrons. The maximum atomic E-state index is 11.8. The molecular formula is C11H17N3O3S. The van der Waals surface area contributed by atoms with E-state index in [0.717, 1.165) is 16.3 Å². The van der Waals surface area contributed by atoms with Gasteiger partial charge < -0.3 is 15.3 Å². The monoisotopic (exact) mass is 271 g/mol. The van der Waals surface area contributed by atoms with Gasteiger partial charge in [-0.25, -0.2) is 9.78 Å². The number of thiazole rings is 1. The molecule has 0 saturated heterocycles. The zero-order valence-corrected chi connectivity index (χ0v) is 11.3. The quantitative estimate of drug-likeness (QED) is 0.820. The van der Waals surface area contributed by atoms with Crippen molar-refractivity contribution in [1.82, 2.24) is 15.2 Å². The molecule has 0 bridgehead atoms. The van der Waals surface area contributed by atoms with Crippen LogP contribution < -0.4 is 5.32 Å². The molecule has 100 valence electrons. The average molecular weight is 271 g/mol. The molecule has 0 aliphatic rings. The highest BCUT2D eigenvalue weighted by molar-refractivity contribution is 7.11. The summed E-state index contributed by atoms with van der Waals surface area (Å²) in [6, 6.07) is -0.368. The van der Waals surface area contributed by atoms with Crippen molar-refractivity contribution in [2.75, 3.05) is 13.1 Å². The number of amides is 2. The molecule has 1 aromatic heterocycles. The Morgan fingerprint density at radius 3 is 2.78 bits per heavy atom. The van der Waals surface area contributed by atoms with Crippen molar-refractivity contribution in [3.05, 3.63) is 16.1 Å². The Balaban J connectivity index is 2.48. The van der Waals surface area contributed by atoms with Crippen LogP contribution in [0.15, 0.2) is 6.20 Å². The van der Waals surface area contributed by atoms with Crippen molar-refractivity contribution in [1.29, 1.82) is 0 Å². The van der Waals surface area contributed by atoms with Gasteiger partial charge in [0.05, 0.1) is 6.54 Å². The second-order valence-electron chi connectivity index (χ2n) is 3.84. The van der Waals surface area contributed by atoms with Crippen LogP contribution in [0.4, 0.5) is 4.79 Å². The van der Waals surface area contributed by atoms with Gasteiger partial charge in [-0.1, -0.05) is 6.92 Å². The minimum absolute atomic E-state index is 0.281. The van der Waals surface area contributed by atoms with Crippen molar-refractivity contribution in [3.8, 4) is 0 Å². The molecular weight excluding hydrogens is 254 g/mol. The van der Waals surface area contributed by atoms with E-state index < -0.39 is 5.97 Å². The number of aliphatic carboxylic acids is 1. The van der Waals surface area contributed by atoms with Gasteiger partial charge in [0.2, 0.25) is 0 Å². The summed E-state index contributed by atoms with van der Waals surface area (Å²) >= 11 is 1.51. The summed E-state index contributed by atoms with van der Waals surface area (Å²) in [6.07, 6.45) is 2.46. The number of hydrogen-bond donors (Lipinski definition) is 2. The van der Waals surface area contributed by atoms with Crippen LogP contribution in [0.5, 0.6) is 0 Å². The Kier molecular flexibility index (Phi) is 5.57. The number of carbonyl (C=O) groups is 2. The minimum atomic E-state index is -1.01. The van der Waals surface area contributed by atoms with Crippen LogP contribution in [0.2, 0.25) is 0 Å². The first-order valence-electron chi connectivity index (χ1n) is 5.68. The van der Waals surface area contributed by atoms with Gasteiger partial charge in [0, 0.05) is 17.6 Å². The first kappa shape index (κ1) is 14.4. The highest BCUT2D eigenvalue weighted by Crippen LogP contribution is 2.10. The van der Waals surface area contributed by atoms with E-state index in [1.54, 1.807) is 6.20 Å². The molecule has 0 fully saturated rings. The van der Waals surface area contributed by atoms with Crippen LogP contribution in [0.1, 0.15) is 23.2 Å². The average Bonchev–Trinajstić information content (AvgIpc) is 2.71. The van der Waals surface area contributed by atoms with Crippen LogP contribution in [0, 0.1) is 6.92 Å². The van der Waals surface area contributed by atoms with Crippen molar-refractivity contribution < 1.29 is 14.7 Å². The van der Waals surface area contributed by atoms with Gasteiger partial charge in [-0.3, -0.25) is 4.79 Å². The smallest absolute Gasteiger partial charge is 0.323 e. The third kappa shape index (κ3) is 4.70. The number of aryl methyl sites for hydroxylation is 1. The topological polar surface area (TPSA) is 82.5 Å². The second kappa shape index (κ2) is 6.95. The normalized spacial score (nSPS) is 10.1. The number of carboxylic acid groups (broad SMARTS) is 1. The molecule has 0 saturated carbocycles. The lowest BCUT2D eigenvalue weighted by Crippen LogP contribution is -2.42. The highest BCUT2D eigenvalue weighted by atomic mass is 32.1. The molecule has 0 aromatic carbocycles. The maximum Gasteiger partial charge on any atom is 0.323 e. The summed E-state index contributed by atoms with van der Waals surface area (Å²) in [5.41, 5.74) is 0. The third-order valence-corrected chi connectivity index (χ3v) is 3.08. The minimum Gasteiger partial charge on any atom is -0.480 e. The molecule has 1 rings (SSSR count). The molecule has 18 heavy (non-hydrogen) atoms. The molecule has 0 atom stereocenters. The molecule has 0 aliphatic heterocycles. The standard InChI is InChI=1S/C11H17N3O3S/c1-3-4-14(7-10(15)16)11(17)13-6-9-12-5-8(2)18-9/h5H,3-4,6-7H2,1-2H3,(H,13,17)(H,15,16). The fourth-order valence-corrected chi connectivity index (χ4v) is 2.16. The van der Waals surface area contributed by atoms with Crippen molar-refractivity contribution in [3.63, 3.8) is 0 Å². The first-order valence-corrected chi connectivity index (χ1v) is 6.50. The lowest BCUT2D eigenvalue weighted by atomic mass is 10.4. The fourth-order valence-electron chi connectivity index (χ4n) is 1.43. The zero-order valence-electron chi connectivity index (χ0n) is 10.5. The predicted octanol–water partition coefficient (Wildman–Crippen LogP) is 1.46. The molecule has 1 heterocycles. The third-order valence-electron chi connectivity index (χ3n) is 2.17. The summed E-state index contributed by atoms with van der Waals surface area (Å²) < 4.78 is 0. The summed E-state index contributed by atoms with van der Waals surface area (Å²) in [5, 5.41) is 12.2. The SMILES string of the molecule is CCCN(CC(=O)O)C(=O)NCc1ncc(C)s1. The molecule has 2 amide bonds. The fraction of sp³-hybridized carbons (Fsp3) is 0.545. The van der Waals surface area contributed by atoms with Crippen LogP contribution >= 0.6 is 11.3 Å². The van der Waals surface area contributed by atoms with Crippen molar-refractivity contribution in [2.24, 2.45) is 0 Å². The van der Waals surface area contributed by atoms with Crippen LogP contribution in [0.25, 0.3) is 0 Å². The van der Waals surface area contributed by atoms with E-state index in [-0.39, 0.29) is 12.6 Å². The van der Waals surface area contributed by atoms with Crippen molar-refractivity contribution >= 4 is 23.3 Å². The Bertz CT molecular complexity index is 419. The van der Waals surface area contributed by atoms with Gasteiger partial charge in [0.15, 0.2) is 0 Å². The van der Waals surface area contributed by atoms with Gasteiger partial charge >= 0.3 is 12.0 Å². The van der Waals surface area contributed by atoms with Crippen molar-refractivity contribution in [2.45, 2.75) is 26.8 Å². The Labute approximate surface area is 110 Å². The van der Waals surface area contributed by atoms with Gasteiger partial charge in [-0.15, -0.1) is 11.3 Å². The molecule has 1 aromatic rings. The van der Waals surface area contributed by atoms with Crippen LogP contribution in [0.3, 0.4) is 0 Å². The van der Waals surface area contributed by atoms with E-state index >= 15 is 0 Å². The Hall–Kier alpha value is -1.63. The van der Waals surface area contributed by atoms with Gasteiger partial charge in [-0.05, 0) is 13.3 Å². The molecule has 7 heteroatoms. The van der Waals surface area contributed by atoms with Gasteiger partial charge in [0.1, 0.15) is 11.6 Å². The Morgan fingerprint density at radius 1 is 1.56 bits per heavy atom. The number of nitrogens with zero attached hydrogens (tertiary/aromatic N) is 2. The summed E-state index contributed by atoms with van der Waals surface area (Å²) in [5.74, 6) is -1.01. The van der Waals surface area contributed by atoms with Gasteiger partial charge in [0.25, 0.3) is 0 Å². The number of carboxylic acids is 1. The van der Waals surface area contributed by atoms with E-state index in [9.17, 15) is 9.59 Å². The summed E-state index contributed by atoms with van der Waals surface area (Å²) in [7, 11) is 0. The van der Waals surface area contributed by atoms with E-state index in [1.165, 1.54) is 16.2 Å². The number of nitrogens with one attached hydrogen (secondary N) is 1. The zero-order chi connectivity index (χ0) is 13.5. The molecule has 0 spiro atoms. The highest BCUT2D eigenvalue weighted by Gasteiger charge is 2.15. The number of rotatable bonds is 6. The molecule has 0 unspecified atom stereocenters. The number of urea groups is 1. The van der Waals surface area contributed by atoms with E-state index in [1.807, 2.05) is 13.8 Å². The van der Waals surface area contributed by atoms with E-state index in [2.05, 4.69) is 10.3 Å². The Morgan fingerprint density at radius 2 is 2.28 bits per heavy atom. The lowest BCUT2D eigenvalue weighted by molar-refractivity contribution is -0.137. The maximum absolute atomic E-state index is 11.8. The predicted molar refractivity (Wildman–Crippen MR) is 68.6 cm³/mol. The first-order chi connectivity index (χ1) is 8.52. The van der Waals surface area contributed by atoms with E-state index in [4.69, 9.17) is 5.11 Å². The van der Waals surface area contributed by atoms with Crippen LogP contribution in [-0.4, -0.2) is 40.1 Å². The van der Waals surface area contributed by atoms with Crippen LogP contribution in [-0.2, 0) is 11.3 Å². The molecule has 0 aliphatic carbocycles. The molecule has 2 N–H and O–H groups in total. The number of aromatic nitrogens is 1. The molecule has 6 nitrogen and oxygen atoms in total.